The second-order valence-corrected chi connectivity index (χ2v) is 7.11. The van der Waals surface area contributed by atoms with Crippen LogP contribution in [-0.4, -0.2) is 19.0 Å². The molecule has 0 aliphatic heterocycles. The van der Waals surface area contributed by atoms with Crippen LogP contribution in [0.3, 0.4) is 0 Å². The SMILES string of the molecule is CN(C)c1ccc(C(Br)C(Br)c2ccc([N+](=O)[O-])cc2)cc1. The van der Waals surface area contributed by atoms with E-state index < -0.39 is 4.92 Å². The number of benzene rings is 2. The zero-order valence-corrected chi connectivity index (χ0v) is 15.4. The van der Waals surface area contributed by atoms with Crippen LogP contribution in [0.15, 0.2) is 48.5 Å². The minimum Gasteiger partial charge on any atom is -0.378 e. The van der Waals surface area contributed by atoms with E-state index in [1.807, 2.05) is 14.1 Å². The molecule has 2 unspecified atom stereocenters. The van der Waals surface area contributed by atoms with Crippen LogP contribution in [0.25, 0.3) is 0 Å². The maximum atomic E-state index is 10.7. The van der Waals surface area contributed by atoms with Crippen LogP contribution in [0.1, 0.15) is 20.8 Å². The fourth-order valence-electron chi connectivity index (χ4n) is 2.07. The molecule has 6 heteroatoms. The number of nitro groups is 1. The van der Waals surface area contributed by atoms with Crippen LogP contribution < -0.4 is 4.90 Å². The fourth-order valence-corrected chi connectivity index (χ4v) is 3.30. The average Bonchev–Trinajstić information content (AvgIpc) is 2.53. The molecule has 0 saturated carbocycles. The summed E-state index contributed by atoms with van der Waals surface area (Å²) in [6.45, 7) is 0. The van der Waals surface area contributed by atoms with Gasteiger partial charge in [-0.1, -0.05) is 56.1 Å². The highest BCUT2D eigenvalue weighted by Gasteiger charge is 2.20. The van der Waals surface area contributed by atoms with E-state index in [-0.39, 0.29) is 15.3 Å². The van der Waals surface area contributed by atoms with E-state index in [0.717, 1.165) is 16.8 Å². The van der Waals surface area contributed by atoms with Crippen LogP contribution >= 0.6 is 31.9 Å². The predicted octanol–water partition coefficient (Wildman–Crippen LogP) is 5.23. The summed E-state index contributed by atoms with van der Waals surface area (Å²) in [4.78, 5) is 12.5. The lowest BCUT2D eigenvalue weighted by atomic mass is 10.0. The molecule has 22 heavy (non-hydrogen) atoms. The molecule has 0 fully saturated rings. The first-order chi connectivity index (χ1) is 10.4. The van der Waals surface area contributed by atoms with Gasteiger partial charge in [0, 0.05) is 31.9 Å². The van der Waals surface area contributed by atoms with Gasteiger partial charge >= 0.3 is 0 Å². The van der Waals surface area contributed by atoms with E-state index in [9.17, 15) is 10.1 Å². The molecule has 0 saturated heterocycles. The largest absolute Gasteiger partial charge is 0.378 e. The molecule has 0 aliphatic carbocycles. The number of nitro benzene ring substituents is 1. The molecule has 0 N–H and O–H groups in total. The Morgan fingerprint density at radius 1 is 0.909 bits per heavy atom. The molecule has 0 radical (unpaired) electrons. The first-order valence-electron chi connectivity index (χ1n) is 6.70. The van der Waals surface area contributed by atoms with Gasteiger partial charge in [0.05, 0.1) is 14.6 Å². The molecular formula is C16H16Br2N2O2. The Kier molecular flexibility index (Phi) is 5.58. The van der Waals surface area contributed by atoms with Crippen molar-refractivity contribution in [3.05, 3.63) is 69.8 Å². The molecule has 2 aromatic rings. The van der Waals surface area contributed by atoms with Crippen molar-refractivity contribution in [3.63, 3.8) is 0 Å². The molecule has 2 rings (SSSR count). The highest BCUT2D eigenvalue weighted by atomic mass is 79.9. The third-order valence-corrected chi connectivity index (χ3v) is 6.23. The number of nitrogens with zero attached hydrogens (tertiary/aromatic N) is 2. The zero-order valence-electron chi connectivity index (χ0n) is 12.2. The first-order valence-corrected chi connectivity index (χ1v) is 8.53. The molecule has 0 bridgehead atoms. The lowest BCUT2D eigenvalue weighted by Crippen LogP contribution is -2.08. The summed E-state index contributed by atoms with van der Waals surface area (Å²) in [5.41, 5.74) is 3.38. The van der Waals surface area contributed by atoms with Crippen molar-refractivity contribution in [2.45, 2.75) is 9.65 Å². The first kappa shape index (κ1) is 17.0. The molecule has 0 aromatic heterocycles. The maximum Gasteiger partial charge on any atom is 0.269 e. The Morgan fingerprint density at radius 3 is 1.68 bits per heavy atom. The summed E-state index contributed by atoms with van der Waals surface area (Å²) in [5, 5.41) is 10.7. The Bertz CT molecular complexity index is 642. The van der Waals surface area contributed by atoms with Gasteiger partial charge in [-0.15, -0.1) is 0 Å². The molecule has 2 atom stereocenters. The van der Waals surface area contributed by atoms with Gasteiger partial charge in [0.2, 0.25) is 0 Å². The van der Waals surface area contributed by atoms with Crippen molar-refractivity contribution in [3.8, 4) is 0 Å². The van der Waals surface area contributed by atoms with E-state index in [2.05, 4.69) is 61.0 Å². The molecular weight excluding hydrogens is 412 g/mol. The predicted molar refractivity (Wildman–Crippen MR) is 97.2 cm³/mol. The van der Waals surface area contributed by atoms with Crippen molar-refractivity contribution in [1.82, 2.24) is 0 Å². The number of anilines is 1. The standard InChI is InChI=1S/C16H16Br2N2O2/c1-19(2)13-7-3-11(4-8-13)15(17)16(18)12-5-9-14(10-6-12)20(21)22/h3-10,15-16H,1-2H3. The summed E-state index contributed by atoms with van der Waals surface area (Å²) < 4.78 is 0. The Morgan fingerprint density at radius 2 is 1.32 bits per heavy atom. The quantitative estimate of drug-likeness (QED) is 0.372. The molecule has 4 nitrogen and oxygen atoms in total. The minimum absolute atomic E-state index is 0.0264. The molecule has 2 aromatic carbocycles. The summed E-state index contributed by atoms with van der Waals surface area (Å²) >= 11 is 7.37. The second kappa shape index (κ2) is 7.24. The van der Waals surface area contributed by atoms with Crippen LogP contribution in [0.2, 0.25) is 0 Å². The molecule has 0 heterocycles. The number of halogens is 2. The van der Waals surface area contributed by atoms with E-state index in [4.69, 9.17) is 0 Å². The van der Waals surface area contributed by atoms with Crippen LogP contribution in [0.5, 0.6) is 0 Å². The van der Waals surface area contributed by atoms with E-state index in [1.165, 1.54) is 12.1 Å². The number of rotatable bonds is 5. The van der Waals surface area contributed by atoms with Gasteiger partial charge in [-0.05, 0) is 23.3 Å². The molecule has 0 spiro atoms. The monoisotopic (exact) mass is 426 g/mol. The van der Waals surface area contributed by atoms with Crippen molar-refractivity contribution < 1.29 is 4.92 Å². The summed E-state index contributed by atoms with van der Waals surface area (Å²) in [5.74, 6) is 0. The lowest BCUT2D eigenvalue weighted by molar-refractivity contribution is -0.384. The van der Waals surface area contributed by atoms with Gasteiger partial charge < -0.3 is 4.90 Å². The zero-order chi connectivity index (χ0) is 16.3. The van der Waals surface area contributed by atoms with Gasteiger partial charge in [0.25, 0.3) is 5.69 Å². The van der Waals surface area contributed by atoms with Gasteiger partial charge in [-0.2, -0.15) is 0 Å². The number of alkyl halides is 2. The molecule has 0 aliphatic rings. The van der Waals surface area contributed by atoms with E-state index in [0.29, 0.717) is 0 Å². The number of hydrogen-bond donors (Lipinski definition) is 0. The topological polar surface area (TPSA) is 46.4 Å². The minimum atomic E-state index is -0.390. The van der Waals surface area contributed by atoms with Crippen LogP contribution in [0, 0.1) is 10.1 Å². The molecule has 0 amide bonds. The number of non-ortho nitro benzene ring substituents is 1. The summed E-state index contributed by atoms with van der Waals surface area (Å²) in [7, 11) is 4.01. The normalized spacial score (nSPS) is 13.5. The van der Waals surface area contributed by atoms with Gasteiger partial charge in [-0.25, -0.2) is 0 Å². The maximum absolute atomic E-state index is 10.7. The fraction of sp³-hybridized carbons (Fsp3) is 0.250. The van der Waals surface area contributed by atoms with Gasteiger partial charge in [0.15, 0.2) is 0 Å². The van der Waals surface area contributed by atoms with Crippen molar-refractivity contribution >= 4 is 43.2 Å². The Labute approximate surface area is 146 Å². The average molecular weight is 428 g/mol. The van der Waals surface area contributed by atoms with Gasteiger partial charge in [0.1, 0.15) is 0 Å². The Hall–Kier alpha value is -1.40. The van der Waals surface area contributed by atoms with E-state index >= 15 is 0 Å². The second-order valence-electron chi connectivity index (χ2n) is 5.14. The molecule has 116 valence electrons. The third-order valence-electron chi connectivity index (χ3n) is 3.41. The van der Waals surface area contributed by atoms with Crippen molar-refractivity contribution in [1.29, 1.82) is 0 Å². The summed E-state index contributed by atoms with van der Waals surface area (Å²) in [6, 6.07) is 14.9. The van der Waals surface area contributed by atoms with Crippen LogP contribution in [-0.2, 0) is 0 Å². The highest BCUT2D eigenvalue weighted by Crippen LogP contribution is 2.42. The van der Waals surface area contributed by atoms with Crippen molar-refractivity contribution in [2.75, 3.05) is 19.0 Å². The lowest BCUT2D eigenvalue weighted by Gasteiger charge is -2.19. The highest BCUT2D eigenvalue weighted by molar-refractivity contribution is 9.12. The van der Waals surface area contributed by atoms with Crippen LogP contribution in [0.4, 0.5) is 11.4 Å². The smallest absolute Gasteiger partial charge is 0.269 e. The van der Waals surface area contributed by atoms with Crippen molar-refractivity contribution in [2.24, 2.45) is 0 Å². The summed E-state index contributed by atoms with van der Waals surface area (Å²) in [6.07, 6.45) is 0. The number of hydrogen-bond acceptors (Lipinski definition) is 3. The van der Waals surface area contributed by atoms with Gasteiger partial charge in [-0.3, -0.25) is 10.1 Å². The third kappa shape index (κ3) is 3.87. The Balaban J connectivity index is 2.17. The van der Waals surface area contributed by atoms with E-state index in [1.54, 1.807) is 12.1 Å².